The van der Waals surface area contributed by atoms with E-state index in [4.69, 9.17) is 4.99 Å². The molecular weight excluding hydrogens is 755 g/mol. The molecule has 2 nitrogen and oxygen atoms in total. The number of aliphatic imine (C=N–C) groups is 1. The van der Waals surface area contributed by atoms with Crippen LogP contribution in [-0.2, 0) is 7.05 Å². The maximum atomic E-state index is 5.40. The highest BCUT2D eigenvalue weighted by molar-refractivity contribution is 14.1. The van der Waals surface area contributed by atoms with E-state index >= 15 is 0 Å². The van der Waals surface area contributed by atoms with E-state index in [1.165, 1.54) is 48.9 Å². The van der Waals surface area contributed by atoms with Crippen molar-refractivity contribution < 1.29 is 0 Å². The SMILES string of the molecule is C=C(/N=C(\C(=C(/I)c1ccccc1)c1ccccc1)c1cccc(-c2cccc3c2ccc2c3c3cc4ccccc4cc3n2C)c1)c1ccccc1. The Morgan fingerprint density at radius 2 is 1.11 bits per heavy atom. The van der Waals surface area contributed by atoms with Crippen molar-refractivity contribution in [2.24, 2.45) is 12.0 Å². The number of nitrogens with zero attached hydrogens (tertiary/aromatic N) is 2. The third kappa shape index (κ3) is 5.97. The second-order valence-electron chi connectivity index (χ2n) is 13.4. The van der Waals surface area contributed by atoms with E-state index in [0.29, 0.717) is 5.70 Å². The highest BCUT2D eigenvalue weighted by Gasteiger charge is 2.20. The minimum absolute atomic E-state index is 0.715. The van der Waals surface area contributed by atoms with Crippen molar-refractivity contribution in [3.63, 3.8) is 0 Å². The molecule has 3 heteroatoms. The molecule has 0 fully saturated rings. The van der Waals surface area contributed by atoms with Crippen LogP contribution in [0.2, 0.25) is 0 Å². The number of benzene rings is 8. The molecule has 0 atom stereocenters. The number of hydrogen-bond donors (Lipinski definition) is 0. The van der Waals surface area contributed by atoms with Gasteiger partial charge in [-0.05, 0) is 96.2 Å². The molecule has 0 aliphatic carbocycles. The molecule has 9 aromatic rings. The van der Waals surface area contributed by atoms with Gasteiger partial charge in [-0.2, -0.15) is 0 Å². The first-order chi connectivity index (χ1) is 26.0. The summed E-state index contributed by atoms with van der Waals surface area (Å²) in [6.07, 6.45) is 0. The normalized spacial score (nSPS) is 12.5. The molecule has 8 aromatic carbocycles. The van der Waals surface area contributed by atoms with Crippen molar-refractivity contribution in [3.8, 4) is 11.1 Å². The van der Waals surface area contributed by atoms with Crippen molar-refractivity contribution in [3.05, 3.63) is 211 Å². The molecule has 0 spiro atoms. The van der Waals surface area contributed by atoms with Gasteiger partial charge in [0.1, 0.15) is 0 Å². The minimum atomic E-state index is 0.715. The zero-order chi connectivity index (χ0) is 35.9. The first-order valence-corrected chi connectivity index (χ1v) is 18.9. The molecule has 9 rings (SSSR count). The van der Waals surface area contributed by atoms with Crippen LogP contribution < -0.4 is 0 Å². The summed E-state index contributed by atoms with van der Waals surface area (Å²) in [4.78, 5) is 5.40. The second kappa shape index (κ2) is 13.8. The monoisotopic (exact) mass is 790 g/mol. The lowest BCUT2D eigenvalue weighted by Crippen LogP contribution is -2.07. The Kier molecular flexibility index (Phi) is 8.57. The van der Waals surface area contributed by atoms with E-state index in [9.17, 15) is 0 Å². The van der Waals surface area contributed by atoms with Gasteiger partial charge in [-0.3, -0.25) is 0 Å². The fourth-order valence-electron chi connectivity index (χ4n) is 7.63. The van der Waals surface area contributed by atoms with Crippen molar-refractivity contribution in [1.82, 2.24) is 4.57 Å². The summed E-state index contributed by atoms with van der Waals surface area (Å²) in [6, 6.07) is 64.9. The van der Waals surface area contributed by atoms with Gasteiger partial charge in [0.2, 0.25) is 0 Å². The van der Waals surface area contributed by atoms with Crippen LogP contribution in [0.25, 0.3) is 69.3 Å². The fourth-order valence-corrected chi connectivity index (χ4v) is 8.55. The summed E-state index contributed by atoms with van der Waals surface area (Å²) in [7, 11) is 2.18. The van der Waals surface area contributed by atoms with Crippen LogP contribution in [0.5, 0.6) is 0 Å². The fraction of sp³-hybridized carbons (Fsp3) is 0.0200. The van der Waals surface area contributed by atoms with Crippen LogP contribution in [0.1, 0.15) is 22.3 Å². The largest absolute Gasteiger partial charge is 0.344 e. The Hall–Kier alpha value is -6.04. The van der Waals surface area contributed by atoms with Crippen molar-refractivity contribution in [1.29, 1.82) is 0 Å². The number of fused-ring (bicyclic) bond motifs is 6. The van der Waals surface area contributed by atoms with Gasteiger partial charge in [0, 0.05) is 43.6 Å². The van der Waals surface area contributed by atoms with E-state index in [2.05, 4.69) is 205 Å². The molecule has 252 valence electrons. The zero-order valence-corrected chi connectivity index (χ0v) is 31.5. The Morgan fingerprint density at radius 3 is 1.83 bits per heavy atom. The van der Waals surface area contributed by atoms with Gasteiger partial charge in [0.25, 0.3) is 0 Å². The summed E-state index contributed by atoms with van der Waals surface area (Å²) < 4.78 is 3.45. The van der Waals surface area contributed by atoms with Crippen molar-refractivity contribution in [2.75, 3.05) is 0 Å². The van der Waals surface area contributed by atoms with Crippen LogP contribution in [0.15, 0.2) is 194 Å². The molecule has 53 heavy (non-hydrogen) atoms. The van der Waals surface area contributed by atoms with E-state index in [1.54, 1.807) is 0 Å². The molecule has 0 bridgehead atoms. The zero-order valence-electron chi connectivity index (χ0n) is 29.3. The predicted molar refractivity (Wildman–Crippen MR) is 237 cm³/mol. The van der Waals surface area contributed by atoms with Gasteiger partial charge >= 0.3 is 0 Å². The first-order valence-electron chi connectivity index (χ1n) is 17.8. The quantitative estimate of drug-likeness (QED) is 0.0869. The highest BCUT2D eigenvalue weighted by Crippen LogP contribution is 2.41. The minimum Gasteiger partial charge on any atom is -0.344 e. The molecule has 0 radical (unpaired) electrons. The maximum Gasteiger partial charge on any atom is 0.0798 e. The molecule has 0 saturated carbocycles. The first kappa shape index (κ1) is 32.8. The van der Waals surface area contributed by atoms with Crippen LogP contribution >= 0.6 is 22.6 Å². The summed E-state index contributed by atoms with van der Waals surface area (Å²) >= 11 is 2.50. The van der Waals surface area contributed by atoms with Gasteiger partial charge in [0.15, 0.2) is 0 Å². The number of aromatic nitrogens is 1. The van der Waals surface area contributed by atoms with Crippen molar-refractivity contribution in [2.45, 2.75) is 0 Å². The molecule has 0 amide bonds. The van der Waals surface area contributed by atoms with Crippen LogP contribution in [0, 0.1) is 0 Å². The predicted octanol–water partition coefficient (Wildman–Crippen LogP) is 13.8. The van der Waals surface area contributed by atoms with E-state index < -0.39 is 0 Å². The summed E-state index contributed by atoms with van der Waals surface area (Å²) in [5, 5.41) is 7.55. The highest BCUT2D eigenvalue weighted by atomic mass is 127. The average Bonchev–Trinajstić information content (AvgIpc) is 3.50. The summed E-state index contributed by atoms with van der Waals surface area (Å²) in [6.45, 7) is 4.48. The van der Waals surface area contributed by atoms with Crippen molar-refractivity contribution >= 4 is 86.5 Å². The van der Waals surface area contributed by atoms with Gasteiger partial charge in [-0.25, -0.2) is 4.99 Å². The maximum absolute atomic E-state index is 5.40. The second-order valence-corrected chi connectivity index (χ2v) is 14.5. The third-order valence-corrected chi connectivity index (χ3v) is 11.4. The molecule has 0 aliphatic heterocycles. The van der Waals surface area contributed by atoms with Gasteiger partial charge in [0.05, 0.1) is 11.4 Å². The number of aryl methyl sites for hydroxylation is 1. The van der Waals surface area contributed by atoms with E-state index in [-0.39, 0.29) is 0 Å². The Morgan fingerprint density at radius 1 is 0.509 bits per heavy atom. The lowest BCUT2D eigenvalue weighted by molar-refractivity contribution is 1.02. The van der Waals surface area contributed by atoms with E-state index in [0.717, 1.165) is 42.7 Å². The molecule has 0 saturated heterocycles. The molecule has 0 aliphatic rings. The lowest BCUT2D eigenvalue weighted by Gasteiger charge is -2.18. The van der Waals surface area contributed by atoms with Crippen LogP contribution in [-0.4, -0.2) is 10.3 Å². The Labute approximate surface area is 323 Å². The topological polar surface area (TPSA) is 17.3 Å². The standard InChI is InChI=1S/C50H35IN2/c1-33(34-16-6-3-7-17-34)52-50(47(35-18-8-4-9-19-35)49(51)36-20-10-5-11-21-36)40-25-14-24-39(30-40)41-26-15-27-43-42(41)28-29-45-48(43)44-31-37-22-12-13-23-38(37)32-46(44)53(45)2/h3-32H,1H2,2H3/b49-47-,52-50-. The third-order valence-electron chi connectivity index (χ3n) is 10.2. The molecule has 0 N–H and O–H groups in total. The Balaban J connectivity index is 1.27. The van der Waals surface area contributed by atoms with Gasteiger partial charge in [-0.15, -0.1) is 0 Å². The Bertz CT molecular complexity index is 2900. The molecule has 1 heterocycles. The molecular formula is C50H35IN2. The summed E-state index contributed by atoms with van der Waals surface area (Å²) in [5.41, 5.74) is 11.7. The molecule has 0 unspecified atom stereocenters. The number of allylic oxidation sites excluding steroid dienone is 1. The van der Waals surface area contributed by atoms with Gasteiger partial charge in [-0.1, -0.05) is 164 Å². The number of hydrogen-bond acceptors (Lipinski definition) is 1. The number of halogens is 1. The smallest absolute Gasteiger partial charge is 0.0798 e. The average molecular weight is 791 g/mol. The van der Waals surface area contributed by atoms with E-state index in [1.807, 2.05) is 18.2 Å². The molecule has 1 aromatic heterocycles. The van der Waals surface area contributed by atoms with Crippen LogP contribution in [0.4, 0.5) is 0 Å². The summed E-state index contributed by atoms with van der Waals surface area (Å²) in [5.74, 6) is 0. The lowest BCUT2D eigenvalue weighted by atomic mass is 9.90. The van der Waals surface area contributed by atoms with Gasteiger partial charge < -0.3 is 4.57 Å². The van der Waals surface area contributed by atoms with Crippen LogP contribution in [0.3, 0.4) is 0 Å². The number of rotatable bonds is 7.